The van der Waals surface area contributed by atoms with Crippen LogP contribution in [0.3, 0.4) is 0 Å². The maximum absolute atomic E-state index is 9.22. The molecule has 2 heteroatoms. The Hall–Kier alpha value is -0.530. The number of amides is 1. The smallest absolute Gasteiger partial charge is 0.214 e. The summed E-state index contributed by atoms with van der Waals surface area (Å²) in [4.78, 5) is 9.22. The molecule has 0 bridgehead atoms. The molecule has 0 aliphatic carbocycles. The molecule has 0 unspecified atom stereocenters. The van der Waals surface area contributed by atoms with E-state index in [-0.39, 0.29) is 5.91 Å². The molecular weight excluding hydrogens is 55.0 g/mol. The zero-order chi connectivity index (χ0) is 3.58. The van der Waals surface area contributed by atoms with Crippen molar-refractivity contribution in [3.8, 4) is 0 Å². The van der Waals surface area contributed by atoms with E-state index < -0.39 is 0 Å². The van der Waals surface area contributed by atoms with Crippen molar-refractivity contribution in [2.45, 2.75) is 6.92 Å². The van der Waals surface area contributed by atoms with Gasteiger partial charge in [0, 0.05) is 6.92 Å². The summed E-state index contributed by atoms with van der Waals surface area (Å²) in [5.74, 6) is -0.333. The van der Waals surface area contributed by atoms with Crippen LogP contribution in [0, 0.1) is 0 Å². The van der Waals surface area contributed by atoms with E-state index >= 15 is 0 Å². The van der Waals surface area contributed by atoms with E-state index in [2.05, 4.69) is 5.73 Å². The van der Waals surface area contributed by atoms with Gasteiger partial charge in [-0.05, 0) is 0 Å². The van der Waals surface area contributed by atoms with Crippen molar-refractivity contribution < 1.29 is 4.79 Å². The molecule has 0 aromatic carbocycles. The summed E-state index contributed by atoms with van der Waals surface area (Å²) < 4.78 is 0. The lowest BCUT2D eigenvalue weighted by Gasteiger charge is -1.60. The fraction of sp³-hybridized carbons (Fsp3) is 0.500. The molecule has 0 saturated carbocycles. The molecule has 0 radical (unpaired) electrons. The normalized spacial score (nSPS) is 6.25. The fourth-order valence-corrected chi connectivity index (χ4v) is 0. The largest absolute Gasteiger partial charge is 0.370 e. The Morgan fingerprint density at radius 2 is 2.00 bits per heavy atom. The van der Waals surface area contributed by atoms with Gasteiger partial charge in [-0.3, -0.25) is 4.79 Å². The van der Waals surface area contributed by atoms with Gasteiger partial charge in [0.1, 0.15) is 0 Å². The lowest BCUT2D eigenvalue weighted by Crippen LogP contribution is -2.01. The highest BCUT2D eigenvalue weighted by molar-refractivity contribution is 5.70. The highest BCUT2D eigenvalue weighted by Gasteiger charge is 1.61. The van der Waals surface area contributed by atoms with Gasteiger partial charge in [-0.25, -0.2) is 0 Å². The van der Waals surface area contributed by atoms with Crippen LogP contribution in [-0.2, 0) is 4.79 Å². The van der Waals surface area contributed by atoms with E-state index in [1.807, 2.05) is 0 Å². The minimum Gasteiger partial charge on any atom is -0.370 e. The lowest BCUT2D eigenvalue weighted by molar-refractivity contribution is -0.115. The van der Waals surface area contributed by atoms with Gasteiger partial charge < -0.3 is 5.73 Å². The third-order valence-electron chi connectivity index (χ3n) is 0. The second-order valence-electron chi connectivity index (χ2n) is 0.611. The number of hydrogen-bond acceptors (Lipinski definition) is 1. The molecule has 24 valence electrons. The molecule has 2 N–H and O–H groups in total. The summed E-state index contributed by atoms with van der Waals surface area (Å²) in [6.45, 7) is 1.31. The Bertz CT molecular complexity index is 29.0. The van der Waals surface area contributed by atoms with Gasteiger partial charge in [0.2, 0.25) is 5.91 Å². The monoisotopic (exact) mass is 60.0 g/mol. The molecule has 0 fully saturated rings. The molecule has 0 rings (SSSR count). The van der Waals surface area contributed by atoms with Gasteiger partial charge in [0.25, 0.3) is 0 Å². The lowest BCUT2D eigenvalue weighted by atomic mass is 11.2. The number of carbonyl (C=O) groups is 1. The fourth-order valence-electron chi connectivity index (χ4n) is 0. The molecular formula is C2H5NO. The first-order valence-corrected chi connectivity index (χ1v) is 0.993. The molecule has 4 heavy (non-hydrogen) atoms. The number of hydrogen-bond donors (Lipinski definition) is 1. The summed E-state index contributed by atoms with van der Waals surface area (Å²) in [5, 5.41) is 0. The Kier molecular flexibility index (Phi) is 0.759. The zero-order valence-corrected chi connectivity index (χ0v) is 2.49. The van der Waals surface area contributed by atoms with Crippen LogP contribution in [0.15, 0.2) is 0 Å². The van der Waals surface area contributed by atoms with Crippen LogP contribution in [0.2, 0.25) is 0 Å². The Labute approximate surface area is 24.6 Å². The first kappa shape index (κ1) is 3.47. The highest BCUT2D eigenvalue weighted by atomic mass is 16.2. The van der Waals surface area contributed by atoms with Crippen molar-refractivity contribution in [1.82, 2.24) is 0 Å². The molecule has 0 aromatic rings. The maximum atomic E-state index is 9.22. The minimum absolute atomic E-state index is 0.333. The van der Waals surface area contributed by atoms with Crippen molar-refractivity contribution in [1.29, 1.82) is 0 Å². The van der Waals surface area contributed by atoms with Crippen LogP contribution < -0.4 is 5.73 Å². The van der Waals surface area contributed by atoms with Crippen LogP contribution >= 0.6 is 0 Å². The van der Waals surface area contributed by atoms with E-state index in [0.29, 0.717) is 0 Å². The standard InChI is InChI=1S/C2H5NO/c1-2(3)4/h1H3,(H2,3,4)/i2+1. The third kappa shape index (κ3) is 1.16. The average molecular weight is 60.1 g/mol. The molecule has 0 atom stereocenters. The summed E-state index contributed by atoms with van der Waals surface area (Å²) in [7, 11) is 0. The Morgan fingerprint density at radius 3 is 2.00 bits per heavy atom. The Balaban J connectivity index is 2.80. The molecule has 0 heterocycles. The summed E-state index contributed by atoms with van der Waals surface area (Å²) in [5.41, 5.74) is 4.47. The number of nitrogens with two attached hydrogens (primary N) is 1. The quantitative estimate of drug-likeness (QED) is 0.376. The Morgan fingerprint density at radius 1 is 2.00 bits per heavy atom. The topological polar surface area (TPSA) is 43.1 Å². The molecule has 0 aliphatic rings. The number of carbonyl (C=O) groups excluding carboxylic acids is 1. The molecule has 1 amide bonds. The van der Waals surface area contributed by atoms with Crippen LogP contribution in [0.25, 0.3) is 0 Å². The molecule has 0 spiro atoms. The van der Waals surface area contributed by atoms with Gasteiger partial charge in [-0.15, -0.1) is 0 Å². The second-order valence-corrected chi connectivity index (χ2v) is 0.611. The van der Waals surface area contributed by atoms with E-state index in [9.17, 15) is 4.79 Å². The van der Waals surface area contributed by atoms with E-state index in [1.54, 1.807) is 0 Å². The molecule has 2 nitrogen and oxygen atoms in total. The predicted molar refractivity (Wildman–Crippen MR) is 14.9 cm³/mol. The SMILES string of the molecule is C[13C](N)=O. The maximum Gasteiger partial charge on any atom is 0.214 e. The van der Waals surface area contributed by atoms with Gasteiger partial charge >= 0.3 is 0 Å². The van der Waals surface area contributed by atoms with Gasteiger partial charge in [-0.2, -0.15) is 0 Å². The number of rotatable bonds is 0. The highest BCUT2D eigenvalue weighted by Crippen LogP contribution is 1.33. The summed E-state index contributed by atoms with van der Waals surface area (Å²) >= 11 is 0. The molecule has 0 aromatic heterocycles. The van der Waals surface area contributed by atoms with Gasteiger partial charge in [0.15, 0.2) is 0 Å². The average Bonchev–Trinajstić information content (AvgIpc) is 0.811. The van der Waals surface area contributed by atoms with Crippen molar-refractivity contribution in [3.63, 3.8) is 0 Å². The van der Waals surface area contributed by atoms with Crippen molar-refractivity contribution in [2.75, 3.05) is 0 Å². The van der Waals surface area contributed by atoms with E-state index in [1.165, 1.54) is 6.92 Å². The first-order chi connectivity index (χ1) is 1.73. The number of primary amides is 1. The van der Waals surface area contributed by atoms with Crippen LogP contribution in [-0.4, -0.2) is 5.91 Å². The third-order valence-corrected chi connectivity index (χ3v) is 0. The van der Waals surface area contributed by atoms with Gasteiger partial charge in [-0.1, -0.05) is 0 Å². The molecule has 0 saturated heterocycles. The predicted octanol–water partition coefficient (Wildman–Crippen LogP) is -0.508. The van der Waals surface area contributed by atoms with Crippen LogP contribution in [0.5, 0.6) is 0 Å². The van der Waals surface area contributed by atoms with Gasteiger partial charge in [0.05, 0.1) is 0 Å². The summed E-state index contributed by atoms with van der Waals surface area (Å²) in [6.07, 6.45) is 0. The van der Waals surface area contributed by atoms with Crippen molar-refractivity contribution in [3.05, 3.63) is 0 Å². The van der Waals surface area contributed by atoms with E-state index in [4.69, 9.17) is 0 Å². The second kappa shape index (κ2) is 0.875. The summed E-state index contributed by atoms with van der Waals surface area (Å²) in [6, 6.07) is 0. The minimum atomic E-state index is -0.333. The molecule has 0 aliphatic heterocycles. The zero-order valence-electron chi connectivity index (χ0n) is 2.49. The first-order valence-electron chi connectivity index (χ1n) is 0.993. The van der Waals surface area contributed by atoms with Crippen LogP contribution in [0.1, 0.15) is 6.92 Å². The van der Waals surface area contributed by atoms with Crippen molar-refractivity contribution in [2.24, 2.45) is 5.73 Å². The van der Waals surface area contributed by atoms with E-state index in [0.717, 1.165) is 0 Å². The van der Waals surface area contributed by atoms with Crippen LogP contribution in [0.4, 0.5) is 0 Å². The van der Waals surface area contributed by atoms with Crippen molar-refractivity contribution >= 4 is 5.91 Å².